The smallest absolute Gasteiger partial charge is 0.229 e. The lowest BCUT2D eigenvalue weighted by Crippen LogP contribution is -2.02. The minimum absolute atomic E-state index is 0.366. The lowest BCUT2D eigenvalue weighted by molar-refractivity contribution is 0.164. The Morgan fingerprint density at radius 1 is 1.24 bits per heavy atom. The van der Waals surface area contributed by atoms with Gasteiger partial charge in [-0.25, -0.2) is 0 Å². The zero-order valence-corrected chi connectivity index (χ0v) is 12.8. The van der Waals surface area contributed by atoms with Crippen molar-refractivity contribution in [1.29, 1.82) is 0 Å². The molecule has 1 fully saturated rings. The highest BCUT2D eigenvalue weighted by Gasteiger charge is 2.18. The fraction of sp³-hybridized carbons (Fsp3) is 0.500. The lowest BCUT2D eigenvalue weighted by atomic mass is 10.1. The quantitative estimate of drug-likeness (QED) is 0.885. The molecule has 3 rings (SSSR count). The van der Waals surface area contributed by atoms with Crippen LogP contribution >= 0.6 is 11.8 Å². The van der Waals surface area contributed by atoms with Gasteiger partial charge in [0.15, 0.2) is 5.82 Å². The molecule has 1 atom stereocenters. The SMILES string of the molecule is OC(Cc1nc(CSC2CCCC2)no1)c1ccccc1. The maximum absolute atomic E-state index is 10.2. The van der Waals surface area contributed by atoms with Crippen LogP contribution in [0.4, 0.5) is 0 Å². The van der Waals surface area contributed by atoms with Crippen molar-refractivity contribution in [3.63, 3.8) is 0 Å². The summed E-state index contributed by atoms with van der Waals surface area (Å²) in [5, 5.41) is 14.9. The summed E-state index contributed by atoms with van der Waals surface area (Å²) in [5.41, 5.74) is 0.873. The Balaban J connectivity index is 1.52. The molecular formula is C16H20N2O2S. The average Bonchev–Trinajstić information content (AvgIpc) is 3.17. The first-order valence-corrected chi connectivity index (χ1v) is 8.52. The summed E-state index contributed by atoms with van der Waals surface area (Å²) < 4.78 is 5.24. The van der Waals surface area contributed by atoms with Crippen molar-refractivity contribution in [3.05, 3.63) is 47.6 Å². The van der Waals surface area contributed by atoms with Crippen LogP contribution in [0.3, 0.4) is 0 Å². The Bertz CT molecular complexity index is 552. The highest BCUT2D eigenvalue weighted by Crippen LogP contribution is 2.31. The molecule has 1 aliphatic rings. The first-order valence-electron chi connectivity index (χ1n) is 7.47. The van der Waals surface area contributed by atoms with Crippen molar-refractivity contribution in [3.8, 4) is 0 Å². The third-order valence-corrected chi connectivity index (χ3v) is 5.18. The van der Waals surface area contributed by atoms with Crippen LogP contribution in [0.5, 0.6) is 0 Å². The molecule has 1 heterocycles. The van der Waals surface area contributed by atoms with E-state index in [1.807, 2.05) is 42.1 Å². The van der Waals surface area contributed by atoms with Gasteiger partial charge in [-0.3, -0.25) is 0 Å². The number of hydrogen-bond donors (Lipinski definition) is 1. The summed E-state index contributed by atoms with van der Waals surface area (Å²) in [7, 11) is 0. The van der Waals surface area contributed by atoms with E-state index in [1.165, 1.54) is 25.7 Å². The molecule has 1 aromatic carbocycles. The van der Waals surface area contributed by atoms with E-state index in [4.69, 9.17) is 4.52 Å². The maximum Gasteiger partial charge on any atom is 0.229 e. The van der Waals surface area contributed by atoms with Gasteiger partial charge in [-0.15, -0.1) is 0 Å². The van der Waals surface area contributed by atoms with E-state index in [0.29, 0.717) is 12.3 Å². The van der Waals surface area contributed by atoms with E-state index in [0.717, 1.165) is 22.4 Å². The molecule has 0 spiro atoms. The molecule has 1 saturated carbocycles. The molecule has 2 aromatic rings. The largest absolute Gasteiger partial charge is 0.388 e. The predicted molar refractivity (Wildman–Crippen MR) is 83.0 cm³/mol. The normalized spacial score (nSPS) is 17.2. The Morgan fingerprint density at radius 3 is 2.76 bits per heavy atom. The molecule has 0 amide bonds. The van der Waals surface area contributed by atoms with Crippen molar-refractivity contribution in [2.24, 2.45) is 0 Å². The lowest BCUT2D eigenvalue weighted by Gasteiger charge is -2.07. The first kappa shape index (κ1) is 14.6. The van der Waals surface area contributed by atoms with Crippen molar-refractivity contribution in [2.75, 3.05) is 0 Å². The minimum Gasteiger partial charge on any atom is -0.388 e. The Kier molecular flexibility index (Phi) is 4.93. The summed E-state index contributed by atoms with van der Waals surface area (Å²) in [6.07, 6.45) is 5.08. The van der Waals surface area contributed by atoms with Gasteiger partial charge in [0.1, 0.15) is 0 Å². The molecule has 0 radical (unpaired) electrons. The second-order valence-electron chi connectivity index (χ2n) is 5.45. The van der Waals surface area contributed by atoms with Gasteiger partial charge in [0, 0.05) is 5.25 Å². The maximum atomic E-state index is 10.2. The van der Waals surface area contributed by atoms with Gasteiger partial charge in [0.05, 0.1) is 18.3 Å². The van der Waals surface area contributed by atoms with Gasteiger partial charge >= 0.3 is 0 Å². The highest BCUT2D eigenvalue weighted by atomic mass is 32.2. The molecule has 4 nitrogen and oxygen atoms in total. The van der Waals surface area contributed by atoms with Crippen LogP contribution in [-0.4, -0.2) is 20.5 Å². The van der Waals surface area contributed by atoms with Gasteiger partial charge in [-0.1, -0.05) is 48.3 Å². The molecule has 1 aliphatic carbocycles. The van der Waals surface area contributed by atoms with Crippen LogP contribution in [0, 0.1) is 0 Å². The second-order valence-corrected chi connectivity index (χ2v) is 6.74. The Labute approximate surface area is 129 Å². The average molecular weight is 304 g/mol. The molecule has 1 aromatic heterocycles. The van der Waals surface area contributed by atoms with E-state index in [1.54, 1.807) is 0 Å². The van der Waals surface area contributed by atoms with E-state index in [9.17, 15) is 5.11 Å². The summed E-state index contributed by atoms with van der Waals surface area (Å²) in [6, 6.07) is 9.56. The molecule has 21 heavy (non-hydrogen) atoms. The van der Waals surface area contributed by atoms with Crippen LogP contribution in [-0.2, 0) is 12.2 Å². The van der Waals surface area contributed by atoms with Gasteiger partial charge < -0.3 is 9.63 Å². The molecule has 1 N–H and O–H groups in total. The van der Waals surface area contributed by atoms with Crippen molar-refractivity contribution >= 4 is 11.8 Å². The van der Waals surface area contributed by atoms with Gasteiger partial charge in [0.2, 0.25) is 5.89 Å². The number of benzene rings is 1. The molecular weight excluding hydrogens is 284 g/mol. The number of nitrogens with zero attached hydrogens (tertiary/aromatic N) is 2. The number of hydrogen-bond acceptors (Lipinski definition) is 5. The van der Waals surface area contributed by atoms with E-state index in [2.05, 4.69) is 10.1 Å². The molecule has 0 bridgehead atoms. The van der Waals surface area contributed by atoms with E-state index < -0.39 is 6.10 Å². The molecule has 112 valence electrons. The number of rotatable bonds is 6. The number of thioether (sulfide) groups is 1. The summed E-state index contributed by atoms with van der Waals surface area (Å²) >= 11 is 1.92. The van der Waals surface area contributed by atoms with Gasteiger partial charge in [-0.05, 0) is 18.4 Å². The topological polar surface area (TPSA) is 59.2 Å². The fourth-order valence-electron chi connectivity index (χ4n) is 2.64. The molecule has 0 saturated heterocycles. The molecule has 1 unspecified atom stereocenters. The fourth-order valence-corrected chi connectivity index (χ4v) is 3.81. The van der Waals surface area contributed by atoms with Crippen molar-refractivity contribution < 1.29 is 9.63 Å². The summed E-state index contributed by atoms with van der Waals surface area (Å²) in [6.45, 7) is 0. The van der Waals surface area contributed by atoms with Crippen LogP contribution in [0.25, 0.3) is 0 Å². The predicted octanol–water partition coefficient (Wildman–Crippen LogP) is 3.52. The molecule has 5 heteroatoms. The van der Waals surface area contributed by atoms with Crippen LogP contribution in [0.1, 0.15) is 49.1 Å². The third kappa shape index (κ3) is 4.08. The summed E-state index contributed by atoms with van der Waals surface area (Å²) in [4.78, 5) is 4.38. The van der Waals surface area contributed by atoms with Crippen LogP contribution < -0.4 is 0 Å². The van der Waals surface area contributed by atoms with Gasteiger partial charge in [-0.2, -0.15) is 16.7 Å². The standard InChI is InChI=1S/C16H20N2O2S/c19-14(12-6-2-1-3-7-12)10-16-17-15(18-20-16)11-21-13-8-4-5-9-13/h1-3,6-7,13-14,19H,4-5,8-11H2. The Morgan fingerprint density at radius 2 is 2.00 bits per heavy atom. The number of aliphatic hydroxyl groups is 1. The minimum atomic E-state index is -0.595. The number of aliphatic hydroxyl groups excluding tert-OH is 1. The molecule has 0 aliphatic heterocycles. The first-order chi connectivity index (χ1) is 10.3. The zero-order chi connectivity index (χ0) is 14.5. The van der Waals surface area contributed by atoms with E-state index in [-0.39, 0.29) is 0 Å². The van der Waals surface area contributed by atoms with Crippen molar-refractivity contribution in [1.82, 2.24) is 10.1 Å². The van der Waals surface area contributed by atoms with Gasteiger partial charge in [0.25, 0.3) is 0 Å². The monoisotopic (exact) mass is 304 g/mol. The third-order valence-electron chi connectivity index (χ3n) is 3.81. The van der Waals surface area contributed by atoms with E-state index >= 15 is 0 Å². The van der Waals surface area contributed by atoms with Crippen LogP contribution in [0.15, 0.2) is 34.9 Å². The summed E-state index contributed by atoms with van der Waals surface area (Å²) in [5.74, 6) is 2.05. The number of aromatic nitrogens is 2. The van der Waals surface area contributed by atoms with Crippen LogP contribution in [0.2, 0.25) is 0 Å². The second kappa shape index (κ2) is 7.09. The zero-order valence-electron chi connectivity index (χ0n) is 11.9. The Hall–Kier alpha value is -1.33. The van der Waals surface area contributed by atoms with Crippen molar-refractivity contribution in [2.45, 2.75) is 49.2 Å². The highest BCUT2D eigenvalue weighted by molar-refractivity contribution is 7.99.